The zero-order valence-electron chi connectivity index (χ0n) is 19.7. The van der Waals surface area contributed by atoms with Gasteiger partial charge in [0.15, 0.2) is 0 Å². The van der Waals surface area contributed by atoms with E-state index in [4.69, 9.17) is 10.5 Å². The largest absolute Gasteiger partial charge is 0.480 e. The first kappa shape index (κ1) is 25.2. The number of benzene rings is 1. The number of ether oxygens (including phenoxy) is 1. The lowest BCUT2D eigenvalue weighted by molar-refractivity contribution is -0.156. The number of para-hydroxylation sites is 1. The molecule has 2 heterocycles. The number of H-pyrrole nitrogens is 1. The number of carbonyl (C=O) groups is 4. The molecule has 2 amide bonds. The summed E-state index contributed by atoms with van der Waals surface area (Å²) < 4.78 is 5.22. The highest BCUT2D eigenvalue weighted by Gasteiger charge is 2.38. The summed E-state index contributed by atoms with van der Waals surface area (Å²) in [5.41, 5.74) is 6.89. The summed E-state index contributed by atoms with van der Waals surface area (Å²) in [6.45, 7) is 5.42. The maximum absolute atomic E-state index is 13.4. The van der Waals surface area contributed by atoms with Crippen molar-refractivity contribution in [1.29, 1.82) is 0 Å². The lowest BCUT2D eigenvalue weighted by atomic mass is 10.0. The van der Waals surface area contributed by atoms with Crippen molar-refractivity contribution in [3.05, 3.63) is 36.0 Å². The van der Waals surface area contributed by atoms with E-state index < -0.39 is 47.5 Å². The molecule has 0 radical (unpaired) electrons. The Morgan fingerprint density at radius 2 is 1.97 bits per heavy atom. The van der Waals surface area contributed by atoms with E-state index in [9.17, 15) is 24.3 Å². The number of aliphatic carboxylic acids is 1. The predicted molar refractivity (Wildman–Crippen MR) is 125 cm³/mol. The van der Waals surface area contributed by atoms with Crippen LogP contribution in [-0.4, -0.2) is 69.0 Å². The van der Waals surface area contributed by atoms with Crippen molar-refractivity contribution in [2.45, 2.75) is 70.2 Å². The van der Waals surface area contributed by atoms with Crippen LogP contribution in [0.1, 0.15) is 45.6 Å². The Kier molecular flexibility index (Phi) is 7.61. The van der Waals surface area contributed by atoms with E-state index in [1.54, 1.807) is 27.0 Å². The molecule has 1 aromatic carbocycles. The molecule has 1 saturated heterocycles. The van der Waals surface area contributed by atoms with Gasteiger partial charge in [0.2, 0.25) is 11.8 Å². The second-order valence-electron chi connectivity index (χ2n) is 9.55. The number of fused-ring (bicyclic) bond motifs is 1. The molecule has 0 spiro atoms. The van der Waals surface area contributed by atoms with Crippen LogP contribution in [0.5, 0.6) is 0 Å². The number of likely N-dealkylation sites (tertiary alicyclic amines) is 1. The van der Waals surface area contributed by atoms with Gasteiger partial charge in [0, 0.05) is 30.1 Å². The molecule has 3 atom stereocenters. The molecule has 0 bridgehead atoms. The molecule has 3 rings (SSSR count). The van der Waals surface area contributed by atoms with Crippen LogP contribution in [0.15, 0.2) is 30.5 Å². The molecule has 1 fully saturated rings. The van der Waals surface area contributed by atoms with E-state index in [1.165, 1.54) is 4.90 Å². The van der Waals surface area contributed by atoms with Crippen molar-refractivity contribution >= 4 is 34.7 Å². The van der Waals surface area contributed by atoms with Crippen LogP contribution < -0.4 is 11.1 Å². The molecule has 0 aliphatic carbocycles. The van der Waals surface area contributed by atoms with Gasteiger partial charge in [-0.25, -0.2) is 4.79 Å². The van der Waals surface area contributed by atoms with E-state index in [0.717, 1.165) is 16.5 Å². The molecular weight excluding hydrogens is 440 g/mol. The number of esters is 1. The molecule has 5 N–H and O–H groups in total. The second kappa shape index (κ2) is 10.3. The molecule has 3 unspecified atom stereocenters. The highest BCUT2D eigenvalue weighted by Crippen LogP contribution is 2.23. The maximum Gasteiger partial charge on any atom is 0.326 e. The Labute approximate surface area is 197 Å². The summed E-state index contributed by atoms with van der Waals surface area (Å²) in [5, 5.41) is 13.1. The van der Waals surface area contributed by atoms with Gasteiger partial charge in [-0.15, -0.1) is 0 Å². The standard InChI is InChI=1S/C24H32N4O6/c1-24(2,3)34-20(29)12-16(25)21(30)27-18(22(31)28-10-6-9-19(28)23(32)33)11-14-13-26-17-8-5-4-7-15(14)17/h4-5,7-8,13,16,18-19,26H,6,9-12,25H2,1-3H3,(H,27,30)(H,32,33). The molecule has 1 aliphatic heterocycles. The first-order valence-electron chi connectivity index (χ1n) is 11.3. The first-order valence-corrected chi connectivity index (χ1v) is 11.3. The van der Waals surface area contributed by atoms with Gasteiger partial charge in [-0.05, 0) is 45.2 Å². The molecule has 34 heavy (non-hydrogen) atoms. The van der Waals surface area contributed by atoms with Crippen LogP contribution in [0.2, 0.25) is 0 Å². The average molecular weight is 473 g/mol. The lowest BCUT2D eigenvalue weighted by Crippen LogP contribution is -2.55. The minimum atomic E-state index is -1.22. The van der Waals surface area contributed by atoms with E-state index in [1.807, 2.05) is 24.3 Å². The monoisotopic (exact) mass is 472 g/mol. The van der Waals surface area contributed by atoms with E-state index in [2.05, 4.69) is 10.3 Å². The molecule has 10 heteroatoms. The van der Waals surface area contributed by atoms with E-state index >= 15 is 0 Å². The van der Waals surface area contributed by atoms with Gasteiger partial charge in [0.1, 0.15) is 17.7 Å². The summed E-state index contributed by atoms with van der Waals surface area (Å²) >= 11 is 0. The zero-order valence-corrected chi connectivity index (χ0v) is 19.7. The number of nitrogens with one attached hydrogen (secondary N) is 2. The van der Waals surface area contributed by atoms with Crippen molar-refractivity contribution in [1.82, 2.24) is 15.2 Å². The maximum atomic E-state index is 13.4. The van der Waals surface area contributed by atoms with Crippen molar-refractivity contribution < 1.29 is 29.0 Å². The third-order valence-corrected chi connectivity index (χ3v) is 5.68. The minimum absolute atomic E-state index is 0.135. The molecule has 0 saturated carbocycles. The number of carbonyl (C=O) groups excluding carboxylic acids is 3. The number of nitrogens with zero attached hydrogens (tertiary/aromatic N) is 1. The summed E-state index contributed by atoms with van der Waals surface area (Å²) in [7, 11) is 0. The van der Waals surface area contributed by atoms with Crippen LogP contribution >= 0.6 is 0 Å². The van der Waals surface area contributed by atoms with Gasteiger partial charge in [0.05, 0.1) is 12.5 Å². The summed E-state index contributed by atoms with van der Waals surface area (Å²) in [6.07, 6.45) is 2.47. The molecule has 10 nitrogen and oxygen atoms in total. The molecular formula is C24H32N4O6. The van der Waals surface area contributed by atoms with Crippen molar-refractivity contribution in [3.63, 3.8) is 0 Å². The topological polar surface area (TPSA) is 155 Å². The number of hydrogen-bond acceptors (Lipinski definition) is 6. The van der Waals surface area contributed by atoms with Crippen LogP contribution in [0.4, 0.5) is 0 Å². The molecule has 1 aromatic heterocycles. The zero-order chi connectivity index (χ0) is 25.0. The van der Waals surface area contributed by atoms with Gasteiger partial charge in [-0.1, -0.05) is 18.2 Å². The summed E-state index contributed by atoms with van der Waals surface area (Å²) in [4.78, 5) is 54.4. The van der Waals surface area contributed by atoms with Gasteiger partial charge < -0.3 is 30.8 Å². The molecule has 184 valence electrons. The third kappa shape index (κ3) is 6.13. The molecule has 1 aliphatic rings. The van der Waals surface area contributed by atoms with Crippen LogP contribution in [0, 0.1) is 0 Å². The van der Waals surface area contributed by atoms with Crippen molar-refractivity contribution in [2.24, 2.45) is 5.73 Å². The summed E-state index contributed by atoms with van der Waals surface area (Å²) in [5.74, 6) is -2.88. The van der Waals surface area contributed by atoms with E-state index in [-0.39, 0.29) is 12.8 Å². The van der Waals surface area contributed by atoms with Gasteiger partial charge in [0.25, 0.3) is 0 Å². The van der Waals surface area contributed by atoms with Crippen LogP contribution in [0.3, 0.4) is 0 Å². The number of aromatic nitrogens is 1. The smallest absolute Gasteiger partial charge is 0.326 e. The predicted octanol–water partition coefficient (Wildman–Crippen LogP) is 1.33. The fourth-order valence-corrected chi connectivity index (χ4v) is 4.14. The van der Waals surface area contributed by atoms with Gasteiger partial charge in [-0.3, -0.25) is 14.4 Å². The number of hydrogen-bond donors (Lipinski definition) is 4. The SMILES string of the molecule is CC(C)(C)OC(=O)CC(N)C(=O)NC(Cc1c[nH]c2ccccc12)C(=O)N1CCCC1C(=O)O. The van der Waals surface area contributed by atoms with Gasteiger partial charge >= 0.3 is 11.9 Å². The Hall–Kier alpha value is -3.40. The average Bonchev–Trinajstić information content (AvgIpc) is 3.39. The number of aromatic amines is 1. The first-order chi connectivity index (χ1) is 16.0. The fraction of sp³-hybridized carbons (Fsp3) is 0.500. The number of carboxylic acids is 1. The normalized spacial score (nSPS) is 17.9. The van der Waals surface area contributed by atoms with Crippen LogP contribution in [-0.2, 0) is 30.3 Å². The van der Waals surface area contributed by atoms with E-state index in [0.29, 0.717) is 19.4 Å². The lowest BCUT2D eigenvalue weighted by Gasteiger charge is -2.28. The van der Waals surface area contributed by atoms with Crippen molar-refractivity contribution in [2.75, 3.05) is 6.54 Å². The van der Waals surface area contributed by atoms with Crippen LogP contribution in [0.25, 0.3) is 10.9 Å². The Balaban J connectivity index is 1.79. The Bertz CT molecular complexity index is 1070. The van der Waals surface area contributed by atoms with Crippen molar-refractivity contribution in [3.8, 4) is 0 Å². The Morgan fingerprint density at radius 1 is 1.26 bits per heavy atom. The highest BCUT2D eigenvalue weighted by atomic mass is 16.6. The quantitative estimate of drug-likeness (QED) is 0.423. The third-order valence-electron chi connectivity index (χ3n) is 5.68. The highest BCUT2D eigenvalue weighted by molar-refractivity contribution is 5.94. The molecule has 2 aromatic rings. The minimum Gasteiger partial charge on any atom is -0.480 e. The number of nitrogens with two attached hydrogens (primary N) is 1. The fourth-order valence-electron chi connectivity index (χ4n) is 4.14. The number of carboxylic acid groups (broad SMARTS) is 1. The second-order valence-corrected chi connectivity index (χ2v) is 9.55. The van der Waals surface area contributed by atoms with Gasteiger partial charge in [-0.2, -0.15) is 0 Å². The number of rotatable bonds is 8. The Morgan fingerprint density at radius 3 is 2.65 bits per heavy atom. The number of amides is 2. The summed E-state index contributed by atoms with van der Waals surface area (Å²) in [6, 6.07) is 4.33.